The van der Waals surface area contributed by atoms with Crippen LogP contribution in [0.3, 0.4) is 0 Å². The lowest BCUT2D eigenvalue weighted by Gasteiger charge is -2.25. The summed E-state index contributed by atoms with van der Waals surface area (Å²) in [5.41, 5.74) is 2.44. The van der Waals surface area contributed by atoms with Crippen LogP contribution in [0.25, 0.3) is 0 Å². The lowest BCUT2D eigenvalue weighted by molar-refractivity contribution is 0.193. The van der Waals surface area contributed by atoms with Crippen LogP contribution in [-0.4, -0.2) is 51.8 Å². The van der Waals surface area contributed by atoms with Gasteiger partial charge in [-0.15, -0.1) is 0 Å². The number of amides is 2. The van der Waals surface area contributed by atoms with Gasteiger partial charge in [-0.1, -0.05) is 29.8 Å². The highest BCUT2D eigenvalue weighted by atomic mass is 16.5. The van der Waals surface area contributed by atoms with Gasteiger partial charge in [-0.05, 0) is 33.0 Å². The van der Waals surface area contributed by atoms with Gasteiger partial charge in [-0.3, -0.25) is 0 Å². The smallest absolute Gasteiger partial charge is 0.314 e. The fraction of sp³-hybridized carbons (Fsp3) is 0.562. The standard InChI is InChI=1S/C16H27N3O2/c1-13-6-8-14(9-7-13)15(19(2)3)12-18-16(20)17-10-5-11-21-4/h6-9,15H,5,10-12H2,1-4H3,(H2,17,18,20). The number of rotatable bonds is 8. The van der Waals surface area contributed by atoms with Crippen LogP contribution in [0.2, 0.25) is 0 Å². The monoisotopic (exact) mass is 293 g/mol. The summed E-state index contributed by atoms with van der Waals surface area (Å²) < 4.78 is 4.94. The van der Waals surface area contributed by atoms with Crippen molar-refractivity contribution in [3.05, 3.63) is 35.4 Å². The van der Waals surface area contributed by atoms with Crippen LogP contribution < -0.4 is 10.6 Å². The predicted molar refractivity (Wildman–Crippen MR) is 85.5 cm³/mol. The van der Waals surface area contributed by atoms with Crippen LogP contribution in [0.1, 0.15) is 23.6 Å². The highest BCUT2D eigenvalue weighted by molar-refractivity contribution is 5.73. The first-order chi connectivity index (χ1) is 10.0. The predicted octanol–water partition coefficient (Wildman–Crippen LogP) is 1.93. The minimum Gasteiger partial charge on any atom is -0.385 e. The van der Waals surface area contributed by atoms with E-state index in [0.29, 0.717) is 19.7 Å². The van der Waals surface area contributed by atoms with Crippen molar-refractivity contribution in [3.63, 3.8) is 0 Å². The van der Waals surface area contributed by atoms with Gasteiger partial charge in [0.05, 0.1) is 6.04 Å². The van der Waals surface area contributed by atoms with E-state index in [1.54, 1.807) is 7.11 Å². The van der Waals surface area contributed by atoms with Gasteiger partial charge in [-0.2, -0.15) is 0 Å². The summed E-state index contributed by atoms with van der Waals surface area (Å²) in [5.74, 6) is 0. The normalized spacial score (nSPS) is 12.2. The minimum absolute atomic E-state index is 0.134. The van der Waals surface area contributed by atoms with E-state index in [9.17, 15) is 4.79 Å². The van der Waals surface area contributed by atoms with Crippen molar-refractivity contribution in [2.45, 2.75) is 19.4 Å². The average molecular weight is 293 g/mol. The summed E-state index contributed by atoms with van der Waals surface area (Å²) in [6.07, 6.45) is 0.818. The lowest BCUT2D eigenvalue weighted by atomic mass is 10.0. The molecule has 0 spiro atoms. The molecule has 0 heterocycles. The summed E-state index contributed by atoms with van der Waals surface area (Å²) >= 11 is 0. The van der Waals surface area contributed by atoms with Crippen LogP contribution in [0.15, 0.2) is 24.3 Å². The number of benzene rings is 1. The van der Waals surface area contributed by atoms with Crippen molar-refractivity contribution < 1.29 is 9.53 Å². The Morgan fingerprint density at radius 1 is 1.24 bits per heavy atom. The third kappa shape index (κ3) is 6.60. The molecule has 0 saturated carbocycles. The molecule has 0 bridgehead atoms. The number of ether oxygens (including phenoxy) is 1. The Bertz CT molecular complexity index is 418. The SMILES string of the molecule is COCCCNC(=O)NCC(c1ccc(C)cc1)N(C)C. The van der Waals surface area contributed by atoms with Crippen LogP contribution in [0.4, 0.5) is 4.79 Å². The van der Waals surface area contributed by atoms with Gasteiger partial charge >= 0.3 is 6.03 Å². The molecule has 2 N–H and O–H groups in total. The first-order valence-electron chi connectivity index (χ1n) is 7.28. The summed E-state index contributed by atoms with van der Waals surface area (Å²) in [4.78, 5) is 13.8. The van der Waals surface area contributed by atoms with Crippen LogP contribution in [0.5, 0.6) is 0 Å². The second kappa shape index (κ2) is 9.37. The van der Waals surface area contributed by atoms with Gasteiger partial charge in [0, 0.05) is 26.8 Å². The number of aryl methyl sites for hydroxylation is 1. The number of carbonyl (C=O) groups is 1. The fourth-order valence-electron chi connectivity index (χ4n) is 2.06. The molecule has 1 unspecified atom stereocenters. The molecule has 5 heteroatoms. The highest BCUT2D eigenvalue weighted by Crippen LogP contribution is 2.17. The van der Waals surface area contributed by atoms with Crippen LogP contribution in [0, 0.1) is 6.92 Å². The zero-order valence-electron chi connectivity index (χ0n) is 13.5. The van der Waals surface area contributed by atoms with E-state index in [-0.39, 0.29) is 12.1 Å². The summed E-state index contributed by atoms with van der Waals surface area (Å²) in [5, 5.41) is 5.75. The zero-order valence-corrected chi connectivity index (χ0v) is 13.5. The van der Waals surface area contributed by atoms with Crippen molar-refractivity contribution in [1.82, 2.24) is 15.5 Å². The van der Waals surface area contributed by atoms with E-state index < -0.39 is 0 Å². The molecule has 1 atom stereocenters. The molecule has 0 saturated heterocycles. The zero-order chi connectivity index (χ0) is 15.7. The van der Waals surface area contributed by atoms with Crippen molar-refractivity contribution >= 4 is 6.03 Å². The number of nitrogens with one attached hydrogen (secondary N) is 2. The van der Waals surface area contributed by atoms with E-state index in [1.807, 2.05) is 14.1 Å². The fourth-order valence-corrected chi connectivity index (χ4v) is 2.06. The maximum Gasteiger partial charge on any atom is 0.314 e. The Labute approximate surface area is 127 Å². The molecule has 0 fully saturated rings. The van der Waals surface area contributed by atoms with Gasteiger partial charge in [0.25, 0.3) is 0 Å². The van der Waals surface area contributed by atoms with E-state index in [1.165, 1.54) is 11.1 Å². The minimum atomic E-state index is -0.134. The topological polar surface area (TPSA) is 53.6 Å². The van der Waals surface area contributed by atoms with E-state index in [0.717, 1.165) is 6.42 Å². The number of hydrogen-bond acceptors (Lipinski definition) is 3. The molecule has 118 valence electrons. The molecule has 0 radical (unpaired) electrons. The summed E-state index contributed by atoms with van der Waals surface area (Å²) in [6, 6.07) is 8.43. The first-order valence-corrected chi connectivity index (χ1v) is 7.28. The maximum absolute atomic E-state index is 11.7. The Balaban J connectivity index is 2.44. The quantitative estimate of drug-likeness (QED) is 0.720. The van der Waals surface area contributed by atoms with Gasteiger partial charge in [0.2, 0.25) is 0 Å². The largest absolute Gasteiger partial charge is 0.385 e. The van der Waals surface area contributed by atoms with Crippen molar-refractivity contribution in [2.75, 3.05) is 40.9 Å². The number of carbonyl (C=O) groups excluding carboxylic acids is 1. The first kappa shape index (κ1) is 17.5. The molecule has 2 amide bonds. The Hall–Kier alpha value is -1.59. The second-order valence-electron chi connectivity index (χ2n) is 5.37. The molecule has 1 rings (SSSR count). The summed E-state index contributed by atoms with van der Waals surface area (Å²) in [7, 11) is 5.69. The average Bonchev–Trinajstić information content (AvgIpc) is 2.45. The van der Waals surface area contributed by atoms with E-state index >= 15 is 0 Å². The third-order valence-corrected chi connectivity index (χ3v) is 3.35. The molecule has 0 aliphatic rings. The lowest BCUT2D eigenvalue weighted by Crippen LogP contribution is -2.41. The van der Waals surface area contributed by atoms with Crippen molar-refractivity contribution in [2.24, 2.45) is 0 Å². The van der Waals surface area contributed by atoms with Crippen molar-refractivity contribution in [3.8, 4) is 0 Å². The molecule has 1 aromatic carbocycles. The molecular weight excluding hydrogens is 266 g/mol. The number of hydrogen-bond donors (Lipinski definition) is 2. The Morgan fingerprint density at radius 2 is 1.90 bits per heavy atom. The number of likely N-dealkylation sites (N-methyl/N-ethyl adjacent to an activating group) is 1. The molecule has 21 heavy (non-hydrogen) atoms. The third-order valence-electron chi connectivity index (χ3n) is 3.35. The van der Waals surface area contributed by atoms with E-state index in [2.05, 4.69) is 46.7 Å². The molecule has 0 aromatic heterocycles. The molecule has 0 aliphatic carbocycles. The van der Waals surface area contributed by atoms with Crippen LogP contribution >= 0.6 is 0 Å². The molecule has 0 aliphatic heterocycles. The Kier molecular flexibility index (Phi) is 7.79. The number of methoxy groups -OCH3 is 1. The van der Waals surface area contributed by atoms with Gasteiger partial charge in [0.15, 0.2) is 0 Å². The van der Waals surface area contributed by atoms with Crippen molar-refractivity contribution in [1.29, 1.82) is 0 Å². The van der Waals surface area contributed by atoms with Gasteiger partial charge in [-0.25, -0.2) is 4.79 Å². The highest BCUT2D eigenvalue weighted by Gasteiger charge is 2.14. The molecule has 5 nitrogen and oxygen atoms in total. The number of nitrogens with zero attached hydrogens (tertiary/aromatic N) is 1. The Morgan fingerprint density at radius 3 is 2.48 bits per heavy atom. The van der Waals surface area contributed by atoms with Gasteiger partial charge in [0.1, 0.15) is 0 Å². The molecule has 1 aromatic rings. The summed E-state index contributed by atoms with van der Waals surface area (Å²) in [6.45, 7) is 3.92. The molecular formula is C16H27N3O2. The van der Waals surface area contributed by atoms with Crippen LogP contribution in [-0.2, 0) is 4.74 Å². The number of urea groups is 1. The van der Waals surface area contributed by atoms with E-state index in [4.69, 9.17) is 4.74 Å². The second-order valence-corrected chi connectivity index (χ2v) is 5.37. The maximum atomic E-state index is 11.7. The van der Waals surface area contributed by atoms with Gasteiger partial charge < -0.3 is 20.3 Å².